The van der Waals surface area contributed by atoms with E-state index in [2.05, 4.69) is 0 Å². The van der Waals surface area contributed by atoms with Gasteiger partial charge in [-0.25, -0.2) is 4.39 Å². The van der Waals surface area contributed by atoms with Crippen molar-refractivity contribution in [3.63, 3.8) is 0 Å². The number of rotatable bonds is 1. The van der Waals surface area contributed by atoms with E-state index in [9.17, 15) is 9.18 Å². The van der Waals surface area contributed by atoms with E-state index in [1.54, 1.807) is 6.07 Å². The van der Waals surface area contributed by atoms with Crippen LogP contribution in [0.1, 0.15) is 15.9 Å². The number of halogens is 1. The first-order chi connectivity index (χ1) is 5.83. The summed E-state index contributed by atoms with van der Waals surface area (Å²) in [5, 5.41) is 0. The van der Waals surface area contributed by atoms with E-state index >= 15 is 0 Å². The molecule has 0 atom stereocenters. The highest BCUT2D eigenvalue weighted by atomic mass is 19.1. The summed E-state index contributed by atoms with van der Waals surface area (Å²) < 4.78 is 18.1. The third-order valence-electron chi connectivity index (χ3n) is 1.99. The SMILES string of the molecule is O=Cc1c(F)ccc2c1CCO2. The summed E-state index contributed by atoms with van der Waals surface area (Å²) in [4.78, 5) is 10.5. The maximum absolute atomic E-state index is 13.0. The van der Waals surface area contributed by atoms with Crippen molar-refractivity contribution in [3.8, 4) is 5.75 Å². The molecule has 2 nitrogen and oxygen atoms in total. The van der Waals surface area contributed by atoms with E-state index in [1.807, 2.05) is 0 Å². The second-order valence-corrected chi connectivity index (χ2v) is 2.65. The molecule has 0 amide bonds. The van der Waals surface area contributed by atoms with Crippen LogP contribution >= 0.6 is 0 Å². The maximum atomic E-state index is 13.0. The summed E-state index contributed by atoms with van der Waals surface area (Å²) in [6.45, 7) is 0.541. The number of aldehydes is 1. The minimum atomic E-state index is -0.464. The maximum Gasteiger partial charge on any atom is 0.153 e. The van der Waals surface area contributed by atoms with Gasteiger partial charge in [-0.1, -0.05) is 0 Å². The van der Waals surface area contributed by atoms with Crippen molar-refractivity contribution in [2.45, 2.75) is 6.42 Å². The van der Waals surface area contributed by atoms with Crippen LogP contribution < -0.4 is 4.74 Å². The van der Waals surface area contributed by atoms with Crippen molar-refractivity contribution in [2.75, 3.05) is 6.61 Å². The zero-order chi connectivity index (χ0) is 8.55. The summed E-state index contributed by atoms with van der Waals surface area (Å²) >= 11 is 0. The molecule has 1 aliphatic rings. The minimum Gasteiger partial charge on any atom is -0.493 e. The Morgan fingerprint density at radius 3 is 3.08 bits per heavy atom. The van der Waals surface area contributed by atoms with E-state index < -0.39 is 5.82 Å². The molecule has 0 spiro atoms. The van der Waals surface area contributed by atoms with Crippen LogP contribution in [0.15, 0.2) is 12.1 Å². The average Bonchev–Trinajstić information content (AvgIpc) is 2.52. The molecule has 0 aromatic heterocycles. The van der Waals surface area contributed by atoms with Gasteiger partial charge in [0.1, 0.15) is 11.6 Å². The Morgan fingerprint density at radius 1 is 1.50 bits per heavy atom. The lowest BCUT2D eigenvalue weighted by Crippen LogP contribution is -1.93. The third-order valence-corrected chi connectivity index (χ3v) is 1.99. The number of carbonyl (C=O) groups excluding carboxylic acids is 1. The van der Waals surface area contributed by atoms with E-state index in [0.29, 0.717) is 30.6 Å². The molecule has 62 valence electrons. The first-order valence-electron chi connectivity index (χ1n) is 3.72. The number of carbonyl (C=O) groups is 1. The summed E-state index contributed by atoms with van der Waals surface area (Å²) in [6, 6.07) is 2.82. The Kier molecular flexibility index (Phi) is 1.57. The Labute approximate surface area is 69.0 Å². The standard InChI is InChI=1S/C9H7FO2/c10-8-1-2-9-6(3-4-12-9)7(8)5-11/h1-2,5H,3-4H2. The highest BCUT2D eigenvalue weighted by Gasteiger charge is 2.18. The van der Waals surface area contributed by atoms with Gasteiger partial charge in [0.25, 0.3) is 0 Å². The molecular formula is C9H7FO2. The summed E-state index contributed by atoms with van der Waals surface area (Å²) in [7, 11) is 0. The predicted octanol–water partition coefficient (Wildman–Crippen LogP) is 1.57. The van der Waals surface area contributed by atoms with Crippen molar-refractivity contribution in [1.29, 1.82) is 0 Å². The van der Waals surface area contributed by atoms with Crippen LogP contribution in [0.2, 0.25) is 0 Å². The van der Waals surface area contributed by atoms with Crippen molar-refractivity contribution >= 4 is 6.29 Å². The molecule has 0 fully saturated rings. The first kappa shape index (κ1) is 7.28. The molecule has 12 heavy (non-hydrogen) atoms. The number of fused-ring (bicyclic) bond motifs is 1. The van der Waals surface area contributed by atoms with Gasteiger partial charge in [-0.15, -0.1) is 0 Å². The molecule has 0 radical (unpaired) electrons. The van der Waals surface area contributed by atoms with E-state index in [0.717, 1.165) is 0 Å². The third kappa shape index (κ3) is 0.897. The quantitative estimate of drug-likeness (QED) is 0.592. The van der Waals surface area contributed by atoms with Gasteiger partial charge >= 0.3 is 0 Å². The van der Waals surface area contributed by atoms with Gasteiger partial charge in [0.15, 0.2) is 6.29 Å². The fourth-order valence-electron chi connectivity index (χ4n) is 1.40. The van der Waals surface area contributed by atoms with Gasteiger partial charge < -0.3 is 4.74 Å². The summed E-state index contributed by atoms with van der Waals surface area (Å²) in [5.41, 5.74) is 0.843. The lowest BCUT2D eigenvalue weighted by molar-refractivity contribution is 0.111. The monoisotopic (exact) mass is 166 g/mol. The molecule has 1 aromatic rings. The molecule has 0 saturated heterocycles. The van der Waals surface area contributed by atoms with Gasteiger partial charge in [0.2, 0.25) is 0 Å². The molecule has 0 N–H and O–H groups in total. The number of hydrogen-bond acceptors (Lipinski definition) is 2. The van der Waals surface area contributed by atoms with Gasteiger partial charge in [-0.3, -0.25) is 4.79 Å². The Morgan fingerprint density at radius 2 is 2.33 bits per heavy atom. The highest BCUT2D eigenvalue weighted by molar-refractivity contribution is 5.79. The van der Waals surface area contributed by atoms with E-state index in [4.69, 9.17) is 4.74 Å². The lowest BCUT2D eigenvalue weighted by Gasteiger charge is -2.00. The molecule has 0 aliphatic carbocycles. The van der Waals surface area contributed by atoms with Gasteiger partial charge in [0, 0.05) is 12.0 Å². The topological polar surface area (TPSA) is 26.3 Å². The minimum absolute atomic E-state index is 0.144. The van der Waals surface area contributed by atoms with Gasteiger partial charge in [0.05, 0.1) is 12.2 Å². The number of benzene rings is 1. The Balaban J connectivity index is 2.65. The second kappa shape index (κ2) is 2.59. The Hall–Kier alpha value is -1.38. The average molecular weight is 166 g/mol. The normalized spacial score (nSPS) is 13.8. The molecule has 1 aromatic carbocycles. The van der Waals surface area contributed by atoms with Crippen molar-refractivity contribution in [2.24, 2.45) is 0 Å². The number of ether oxygens (including phenoxy) is 1. The predicted molar refractivity (Wildman–Crippen MR) is 41.0 cm³/mol. The number of hydrogen-bond donors (Lipinski definition) is 0. The molecule has 1 heterocycles. The zero-order valence-corrected chi connectivity index (χ0v) is 6.34. The van der Waals surface area contributed by atoms with Gasteiger partial charge in [-0.05, 0) is 12.1 Å². The van der Waals surface area contributed by atoms with Crippen LogP contribution in [-0.2, 0) is 6.42 Å². The second-order valence-electron chi connectivity index (χ2n) is 2.65. The van der Waals surface area contributed by atoms with Crippen LogP contribution in [0.3, 0.4) is 0 Å². The summed E-state index contributed by atoms with van der Waals surface area (Å²) in [6.07, 6.45) is 1.17. The molecule has 0 bridgehead atoms. The molecule has 2 rings (SSSR count). The molecular weight excluding hydrogens is 159 g/mol. The zero-order valence-electron chi connectivity index (χ0n) is 6.34. The molecule has 3 heteroatoms. The molecule has 0 unspecified atom stereocenters. The van der Waals surface area contributed by atoms with Crippen molar-refractivity contribution < 1.29 is 13.9 Å². The van der Waals surface area contributed by atoms with Crippen LogP contribution in [-0.4, -0.2) is 12.9 Å². The van der Waals surface area contributed by atoms with Crippen molar-refractivity contribution in [3.05, 3.63) is 29.1 Å². The largest absolute Gasteiger partial charge is 0.493 e. The Bertz CT molecular complexity index is 334. The smallest absolute Gasteiger partial charge is 0.153 e. The van der Waals surface area contributed by atoms with Crippen LogP contribution in [0.25, 0.3) is 0 Å². The summed E-state index contributed by atoms with van der Waals surface area (Å²) in [5.74, 6) is 0.174. The van der Waals surface area contributed by atoms with Gasteiger partial charge in [-0.2, -0.15) is 0 Å². The van der Waals surface area contributed by atoms with Crippen LogP contribution in [0, 0.1) is 5.82 Å². The highest BCUT2D eigenvalue weighted by Crippen LogP contribution is 2.28. The molecule has 0 saturated carbocycles. The van der Waals surface area contributed by atoms with Crippen LogP contribution in [0.4, 0.5) is 4.39 Å². The first-order valence-corrected chi connectivity index (χ1v) is 3.72. The molecule has 1 aliphatic heterocycles. The van der Waals surface area contributed by atoms with Crippen molar-refractivity contribution in [1.82, 2.24) is 0 Å². The fraction of sp³-hybridized carbons (Fsp3) is 0.222. The van der Waals surface area contributed by atoms with E-state index in [-0.39, 0.29) is 5.56 Å². The van der Waals surface area contributed by atoms with E-state index in [1.165, 1.54) is 6.07 Å². The lowest BCUT2D eigenvalue weighted by atomic mass is 10.1. The fourth-order valence-corrected chi connectivity index (χ4v) is 1.40. The van der Waals surface area contributed by atoms with Crippen LogP contribution in [0.5, 0.6) is 5.75 Å².